The van der Waals surface area contributed by atoms with Gasteiger partial charge in [0.15, 0.2) is 5.75 Å². The molecule has 0 fully saturated rings. The maximum atomic E-state index is 12.1. The molecule has 0 spiro atoms. The minimum absolute atomic E-state index is 0.142. The van der Waals surface area contributed by atoms with Crippen LogP contribution in [0.5, 0.6) is 5.75 Å². The van der Waals surface area contributed by atoms with Gasteiger partial charge in [-0.3, -0.25) is 0 Å². The molecule has 0 aliphatic carbocycles. The van der Waals surface area contributed by atoms with Crippen molar-refractivity contribution in [2.24, 2.45) is 0 Å². The molecule has 0 aromatic carbocycles. The summed E-state index contributed by atoms with van der Waals surface area (Å²) >= 11 is 0. The summed E-state index contributed by atoms with van der Waals surface area (Å²) in [5.41, 5.74) is 2.98. The Kier molecular flexibility index (Phi) is 9.68. The van der Waals surface area contributed by atoms with E-state index in [1.165, 1.54) is 51.4 Å². The van der Waals surface area contributed by atoms with Crippen molar-refractivity contribution in [2.45, 2.75) is 78.6 Å². The Morgan fingerprint density at radius 3 is 2.26 bits per heavy atom. The smallest absolute Gasteiger partial charge is 0.341 e. The second-order valence-electron chi connectivity index (χ2n) is 8.89. The number of aromatic nitrogens is 3. The molecule has 4 N–H and O–H groups in total. The highest BCUT2D eigenvalue weighted by atomic mass is 16.5. The first-order valence-electron chi connectivity index (χ1n) is 12.7. The van der Waals surface area contributed by atoms with Crippen molar-refractivity contribution >= 4 is 18.1 Å². The predicted molar refractivity (Wildman–Crippen MR) is 139 cm³/mol. The largest absolute Gasteiger partial charge is 0.491 e. The highest BCUT2D eigenvalue weighted by Gasteiger charge is 2.25. The molecule has 0 aliphatic heterocycles. The van der Waals surface area contributed by atoms with Crippen molar-refractivity contribution in [1.82, 2.24) is 15.0 Å². The number of ether oxygens (including phenoxy) is 1. The Morgan fingerprint density at radius 1 is 0.912 bits per heavy atom. The van der Waals surface area contributed by atoms with Crippen LogP contribution in [0.25, 0.3) is 23.5 Å². The van der Waals surface area contributed by atoms with Gasteiger partial charge >= 0.3 is 5.97 Å². The topological polar surface area (TPSA) is 93.9 Å². The van der Waals surface area contributed by atoms with Crippen LogP contribution in [0.2, 0.25) is 0 Å². The molecular weight excluding hydrogens is 426 g/mol. The van der Waals surface area contributed by atoms with Crippen molar-refractivity contribution in [2.75, 3.05) is 6.61 Å². The monoisotopic (exact) mass is 465 g/mol. The van der Waals surface area contributed by atoms with Gasteiger partial charge in [0.25, 0.3) is 0 Å². The predicted octanol–water partition coefficient (Wildman–Crippen LogP) is 5.88. The summed E-state index contributed by atoms with van der Waals surface area (Å²) in [6.07, 6.45) is 15.8. The van der Waals surface area contributed by atoms with Crippen LogP contribution in [0.1, 0.15) is 93.4 Å². The fraction of sp³-hybridized carbons (Fsp3) is 0.464. The number of carbonyl (C=O) groups is 1. The van der Waals surface area contributed by atoms with E-state index >= 15 is 0 Å². The highest BCUT2D eigenvalue weighted by molar-refractivity contribution is 5.99. The Balaban J connectivity index is 1.73. The van der Waals surface area contributed by atoms with Gasteiger partial charge in [0.05, 0.1) is 23.7 Å². The number of carboxylic acids is 1. The number of nitrogens with one attached hydrogen (secondary N) is 3. The number of rotatable bonds is 14. The molecular formula is C28H39N3O3. The number of aromatic amines is 3. The molecule has 0 radical (unpaired) electrons. The van der Waals surface area contributed by atoms with Gasteiger partial charge in [0.1, 0.15) is 5.56 Å². The molecule has 6 nitrogen and oxygen atoms in total. The van der Waals surface area contributed by atoms with Crippen molar-refractivity contribution in [1.29, 1.82) is 0 Å². The summed E-state index contributed by atoms with van der Waals surface area (Å²) in [6, 6.07) is 7.87. The number of unbranched alkanes of at least 4 members (excludes halogenated alkanes) is 8. The van der Waals surface area contributed by atoms with E-state index in [1.54, 1.807) is 0 Å². The second kappa shape index (κ2) is 12.9. The SMILES string of the molecule is CCCCCCCCCCC=c1ccc(=Cc2[nH]c(-c3ccc(C)[nH]3)c(C(=O)O)c2OCC)[nH]1. The maximum Gasteiger partial charge on any atom is 0.341 e. The fourth-order valence-electron chi connectivity index (χ4n) is 4.28. The van der Waals surface area contributed by atoms with E-state index in [9.17, 15) is 9.90 Å². The number of aryl methyl sites for hydroxylation is 1. The lowest BCUT2D eigenvalue weighted by Gasteiger charge is -2.04. The van der Waals surface area contributed by atoms with Gasteiger partial charge in [-0.2, -0.15) is 0 Å². The van der Waals surface area contributed by atoms with Gasteiger partial charge in [-0.15, -0.1) is 0 Å². The van der Waals surface area contributed by atoms with E-state index < -0.39 is 5.97 Å². The Hall–Kier alpha value is -3.15. The summed E-state index contributed by atoms with van der Waals surface area (Å²) in [5.74, 6) is -0.663. The fourth-order valence-corrected chi connectivity index (χ4v) is 4.28. The van der Waals surface area contributed by atoms with E-state index in [1.807, 2.05) is 38.1 Å². The standard InChI is InChI=1S/C28H39N3O3/c1-4-6-7-8-9-10-11-12-13-14-21-16-17-22(30-21)19-24-27(34-5-2)25(28(32)33)26(31-24)23-18-15-20(3)29-23/h14-19,29-31H,4-13H2,1-3H3,(H,32,33). The molecule has 0 bridgehead atoms. The number of aromatic carboxylic acids is 1. The summed E-state index contributed by atoms with van der Waals surface area (Å²) in [6.45, 7) is 6.43. The molecule has 0 atom stereocenters. The first kappa shape index (κ1) is 25.5. The Labute approximate surface area is 202 Å². The van der Waals surface area contributed by atoms with E-state index in [2.05, 4.69) is 34.0 Å². The third-order valence-electron chi connectivity index (χ3n) is 6.04. The molecule has 34 heavy (non-hydrogen) atoms. The van der Waals surface area contributed by atoms with Gasteiger partial charge in [0, 0.05) is 16.4 Å². The van der Waals surface area contributed by atoms with Crippen LogP contribution in [0.4, 0.5) is 0 Å². The van der Waals surface area contributed by atoms with Crippen LogP contribution in [0, 0.1) is 6.92 Å². The van der Waals surface area contributed by atoms with Crippen LogP contribution in [-0.2, 0) is 0 Å². The molecule has 3 aromatic heterocycles. The normalized spacial score (nSPS) is 12.6. The minimum Gasteiger partial charge on any atom is -0.491 e. The molecule has 0 aliphatic rings. The zero-order chi connectivity index (χ0) is 24.3. The molecule has 6 heteroatoms. The van der Waals surface area contributed by atoms with Gasteiger partial charge in [-0.1, -0.05) is 57.9 Å². The average Bonchev–Trinajstić information content (AvgIpc) is 3.52. The van der Waals surface area contributed by atoms with Gasteiger partial charge < -0.3 is 24.8 Å². The van der Waals surface area contributed by atoms with Crippen LogP contribution in [0.15, 0.2) is 24.3 Å². The summed E-state index contributed by atoms with van der Waals surface area (Å²) in [4.78, 5) is 22.0. The third-order valence-corrected chi connectivity index (χ3v) is 6.04. The lowest BCUT2D eigenvalue weighted by molar-refractivity contribution is 0.0694. The van der Waals surface area contributed by atoms with Crippen LogP contribution >= 0.6 is 0 Å². The molecule has 0 saturated carbocycles. The summed E-state index contributed by atoms with van der Waals surface area (Å²) < 4.78 is 5.77. The number of H-pyrrole nitrogens is 3. The molecule has 184 valence electrons. The maximum absolute atomic E-state index is 12.1. The lowest BCUT2D eigenvalue weighted by Crippen LogP contribution is -2.09. The number of hydrogen-bond acceptors (Lipinski definition) is 2. The van der Waals surface area contributed by atoms with Crippen molar-refractivity contribution in [3.8, 4) is 17.1 Å². The quantitative estimate of drug-likeness (QED) is 0.224. The first-order valence-corrected chi connectivity index (χ1v) is 12.7. The van der Waals surface area contributed by atoms with E-state index in [-0.39, 0.29) is 5.56 Å². The Morgan fingerprint density at radius 2 is 1.62 bits per heavy atom. The van der Waals surface area contributed by atoms with Gasteiger partial charge in [-0.25, -0.2) is 4.79 Å². The second-order valence-corrected chi connectivity index (χ2v) is 8.89. The minimum atomic E-state index is -1.02. The van der Waals surface area contributed by atoms with Crippen molar-refractivity contribution in [3.05, 3.63) is 51.9 Å². The number of hydrogen-bond donors (Lipinski definition) is 4. The van der Waals surface area contributed by atoms with Gasteiger partial charge in [0.2, 0.25) is 0 Å². The van der Waals surface area contributed by atoms with E-state index in [4.69, 9.17) is 4.74 Å². The summed E-state index contributed by atoms with van der Waals surface area (Å²) in [5, 5.41) is 11.9. The lowest BCUT2D eigenvalue weighted by atomic mass is 10.1. The first-order chi connectivity index (χ1) is 16.5. The van der Waals surface area contributed by atoms with Crippen molar-refractivity contribution < 1.29 is 14.6 Å². The highest BCUT2D eigenvalue weighted by Crippen LogP contribution is 2.34. The molecule has 3 heterocycles. The molecule has 0 saturated heterocycles. The molecule has 0 unspecified atom stereocenters. The Bertz CT molecular complexity index is 1170. The number of carboxylic acid groups (broad SMARTS) is 1. The molecule has 3 rings (SSSR count). The van der Waals surface area contributed by atoms with Gasteiger partial charge in [-0.05, 0) is 57.0 Å². The third kappa shape index (κ3) is 6.92. The molecule has 0 amide bonds. The van der Waals surface area contributed by atoms with E-state index in [0.717, 1.165) is 28.5 Å². The van der Waals surface area contributed by atoms with Crippen molar-refractivity contribution in [3.63, 3.8) is 0 Å². The molecule has 3 aromatic rings. The van der Waals surface area contributed by atoms with Crippen LogP contribution < -0.4 is 15.4 Å². The summed E-state index contributed by atoms with van der Waals surface area (Å²) in [7, 11) is 0. The van der Waals surface area contributed by atoms with E-state index in [0.29, 0.717) is 23.7 Å². The van der Waals surface area contributed by atoms with Crippen LogP contribution in [-0.4, -0.2) is 32.6 Å². The zero-order valence-electron chi connectivity index (χ0n) is 20.8. The average molecular weight is 466 g/mol. The van der Waals surface area contributed by atoms with Crippen LogP contribution in [0.3, 0.4) is 0 Å². The zero-order valence-corrected chi connectivity index (χ0v) is 20.8.